The quantitative estimate of drug-likeness (QED) is 0.451. The van der Waals surface area contributed by atoms with Crippen LogP contribution in [0, 0.1) is 13.8 Å². The van der Waals surface area contributed by atoms with Crippen molar-refractivity contribution in [2.24, 2.45) is 7.05 Å². The lowest BCUT2D eigenvalue weighted by Crippen LogP contribution is -2.24. The van der Waals surface area contributed by atoms with E-state index in [1.165, 1.54) is 20.0 Å². The Bertz CT molecular complexity index is 1540. The highest BCUT2D eigenvalue weighted by Crippen LogP contribution is 2.32. The van der Waals surface area contributed by atoms with Gasteiger partial charge in [0.1, 0.15) is 11.5 Å². The molecule has 10 nitrogen and oxygen atoms in total. The molecule has 0 saturated carbocycles. The van der Waals surface area contributed by atoms with Crippen LogP contribution in [0.4, 0.5) is 5.95 Å². The number of nitrogen functional groups attached to an aromatic ring is 1. The SMILES string of the molecule is C=C/C=C(\C=C)c1nc(N)n2c(=O)n(Cc3ncoc3C)nc2c1-c1cc(C)c(=O)n(C)c1. The molecule has 0 radical (unpaired) electrons. The van der Waals surface area contributed by atoms with Crippen LogP contribution in [-0.4, -0.2) is 28.7 Å². The Labute approximate surface area is 188 Å². The Kier molecular flexibility index (Phi) is 5.42. The standard InChI is InChI=1S/C23H23N7O3/c1-6-8-15(7-2)19-18(16-9-13(3)21(31)28(5)10-16)20-27-29(11-17-14(4)33-12-25-17)23(32)30(20)22(24)26-19/h6-10,12H,1-2,11H2,3-5H3,(H2,24,26)/b15-8+. The van der Waals surface area contributed by atoms with Crippen molar-refractivity contribution in [1.29, 1.82) is 0 Å². The number of oxazole rings is 1. The average Bonchev–Trinajstić information content (AvgIpc) is 3.33. The zero-order chi connectivity index (χ0) is 23.9. The van der Waals surface area contributed by atoms with Gasteiger partial charge in [-0.05, 0) is 19.9 Å². The van der Waals surface area contributed by atoms with Gasteiger partial charge >= 0.3 is 5.69 Å². The Balaban J connectivity index is 2.11. The predicted molar refractivity (Wildman–Crippen MR) is 126 cm³/mol. The summed E-state index contributed by atoms with van der Waals surface area (Å²) in [6.45, 7) is 11.2. The van der Waals surface area contributed by atoms with E-state index in [1.54, 1.807) is 51.4 Å². The minimum absolute atomic E-state index is 0.0322. The minimum Gasteiger partial charge on any atom is -0.448 e. The fourth-order valence-corrected chi connectivity index (χ4v) is 3.69. The van der Waals surface area contributed by atoms with Crippen LogP contribution in [0.3, 0.4) is 0 Å². The third-order valence-corrected chi connectivity index (χ3v) is 5.34. The number of anilines is 1. The zero-order valence-electron chi connectivity index (χ0n) is 18.6. The van der Waals surface area contributed by atoms with Gasteiger partial charge in [-0.3, -0.25) is 4.79 Å². The molecule has 0 unspecified atom stereocenters. The van der Waals surface area contributed by atoms with E-state index >= 15 is 0 Å². The second-order valence-corrected chi connectivity index (χ2v) is 7.54. The topological polar surface area (TPSA) is 126 Å². The van der Waals surface area contributed by atoms with E-state index < -0.39 is 5.69 Å². The van der Waals surface area contributed by atoms with Crippen molar-refractivity contribution >= 4 is 17.2 Å². The molecule has 33 heavy (non-hydrogen) atoms. The van der Waals surface area contributed by atoms with Crippen LogP contribution in [0.15, 0.2) is 64.0 Å². The maximum atomic E-state index is 13.2. The summed E-state index contributed by atoms with van der Waals surface area (Å²) in [6.07, 6.45) is 7.94. The maximum absolute atomic E-state index is 13.2. The van der Waals surface area contributed by atoms with E-state index in [2.05, 4.69) is 28.2 Å². The third kappa shape index (κ3) is 3.61. The summed E-state index contributed by atoms with van der Waals surface area (Å²) >= 11 is 0. The van der Waals surface area contributed by atoms with Gasteiger partial charge in [-0.1, -0.05) is 31.4 Å². The summed E-state index contributed by atoms with van der Waals surface area (Å²) in [6, 6.07) is 1.74. The molecule has 2 N–H and O–H groups in total. The number of aromatic nitrogens is 6. The fraction of sp³-hybridized carbons (Fsp3) is 0.174. The van der Waals surface area contributed by atoms with E-state index in [-0.39, 0.29) is 18.1 Å². The Morgan fingerprint density at radius 3 is 2.64 bits per heavy atom. The van der Waals surface area contributed by atoms with Crippen molar-refractivity contribution < 1.29 is 4.42 Å². The number of rotatable bonds is 6. The first-order valence-corrected chi connectivity index (χ1v) is 10.1. The number of nitrogens with zero attached hydrogens (tertiary/aromatic N) is 6. The molecule has 4 aromatic heterocycles. The zero-order valence-corrected chi connectivity index (χ0v) is 18.6. The summed E-state index contributed by atoms with van der Waals surface area (Å²) in [5.74, 6) is 0.553. The van der Waals surface area contributed by atoms with E-state index in [1.807, 2.05) is 0 Å². The van der Waals surface area contributed by atoms with Gasteiger partial charge in [0.25, 0.3) is 5.56 Å². The molecule has 0 aliphatic rings. The van der Waals surface area contributed by atoms with Gasteiger partial charge in [-0.25, -0.2) is 23.8 Å². The lowest BCUT2D eigenvalue weighted by Gasteiger charge is -2.13. The highest BCUT2D eigenvalue weighted by atomic mass is 16.3. The van der Waals surface area contributed by atoms with E-state index in [9.17, 15) is 9.59 Å². The van der Waals surface area contributed by atoms with Crippen molar-refractivity contribution in [3.63, 3.8) is 0 Å². The number of pyridine rings is 1. The summed E-state index contributed by atoms with van der Waals surface area (Å²) in [4.78, 5) is 34.2. The van der Waals surface area contributed by atoms with E-state index in [0.29, 0.717) is 45.1 Å². The molecular formula is C23H23N7O3. The van der Waals surface area contributed by atoms with Crippen molar-refractivity contribution in [1.82, 2.24) is 28.7 Å². The first kappa shape index (κ1) is 21.8. The second-order valence-electron chi connectivity index (χ2n) is 7.54. The fourth-order valence-electron chi connectivity index (χ4n) is 3.69. The molecule has 10 heteroatoms. The van der Waals surface area contributed by atoms with Gasteiger partial charge in [-0.15, -0.1) is 5.10 Å². The first-order chi connectivity index (χ1) is 15.8. The predicted octanol–water partition coefficient (Wildman–Crippen LogP) is 2.25. The number of fused-ring (bicyclic) bond motifs is 1. The van der Waals surface area contributed by atoms with Crippen molar-refractivity contribution in [3.8, 4) is 11.1 Å². The first-order valence-electron chi connectivity index (χ1n) is 10.1. The molecule has 0 aromatic carbocycles. The van der Waals surface area contributed by atoms with Gasteiger partial charge < -0.3 is 14.7 Å². The molecular weight excluding hydrogens is 422 g/mol. The molecule has 4 rings (SSSR count). The minimum atomic E-state index is -0.473. The van der Waals surface area contributed by atoms with Gasteiger partial charge in [0.2, 0.25) is 5.95 Å². The van der Waals surface area contributed by atoms with Gasteiger partial charge in [0, 0.05) is 29.9 Å². The van der Waals surface area contributed by atoms with Crippen LogP contribution in [0.5, 0.6) is 0 Å². The lowest BCUT2D eigenvalue weighted by atomic mass is 10.00. The van der Waals surface area contributed by atoms with Crippen molar-refractivity contribution in [2.45, 2.75) is 20.4 Å². The molecule has 0 atom stereocenters. The monoisotopic (exact) mass is 445 g/mol. The van der Waals surface area contributed by atoms with Crippen LogP contribution < -0.4 is 17.0 Å². The van der Waals surface area contributed by atoms with Gasteiger partial charge in [0.05, 0.1) is 17.8 Å². The smallest absolute Gasteiger partial charge is 0.353 e. The number of hydrogen-bond acceptors (Lipinski definition) is 7. The van der Waals surface area contributed by atoms with Crippen molar-refractivity contribution in [2.75, 3.05) is 5.73 Å². The van der Waals surface area contributed by atoms with Crippen LogP contribution >= 0.6 is 0 Å². The Morgan fingerprint density at radius 1 is 1.27 bits per heavy atom. The van der Waals surface area contributed by atoms with Crippen LogP contribution in [0.25, 0.3) is 22.3 Å². The largest absolute Gasteiger partial charge is 0.448 e. The normalized spacial score (nSPS) is 11.8. The van der Waals surface area contributed by atoms with Crippen molar-refractivity contribution in [3.05, 3.63) is 93.6 Å². The Morgan fingerprint density at radius 2 is 2.03 bits per heavy atom. The summed E-state index contributed by atoms with van der Waals surface area (Å²) in [5.41, 5.74) is 9.28. The molecule has 168 valence electrons. The number of aryl methyl sites for hydroxylation is 3. The third-order valence-electron chi connectivity index (χ3n) is 5.34. The van der Waals surface area contributed by atoms with Crippen LogP contribution in [-0.2, 0) is 13.6 Å². The lowest BCUT2D eigenvalue weighted by molar-refractivity contribution is 0.521. The molecule has 0 saturated heterocycles. The second kappa shape index (κ2) is 8.23. The van der Waals surface area contributed by atoms with E-state index in [0.717, 1.165) is 0 Å². The maximum Gasteiger partial charge on any atom is 0.353 e. The summed E-state index contributed by atoms with van der Waals surface area (Å²) in [5, 5.41) is 4.58. The highest BCUT2D eigenvalue weighted by molar-refractivity contribution is 5.91. The number of hydrogen-bond donors (Lipinski definition) is 1. The molecule has 4 heterocycles. The molecule has 0 fully saturated rings. The molecule has 0 spiro atoms. The van der Waals surface area contributed by atoms with Crippen LogP contribution in [0.2, 0.25) is 0 Å². The molecule has 0 amide bonds. The molecule has 0 aliphatic heterocycles. The van der Waals surface area contributed by atoms with Crippen LogP contribution in [0.1, 0.15) is 22.7 Å². The average molecular weight is 445 g/mol. The molecule has 0 bridgehead atoms. The number of allylic oxidation sites excluding steroid dienone is 4. The molecule has 4 aromatic rings. The number of nitrogens with two attached hydrogens (primary N) is 1. The van der Waals surface area contributed by atoms with Gasteiger partial charge in [0.15, 0.2) is 12.0 Å². The Hall–Kier alpha value is -4.47. The van der Waals surface area contributed by atoms with Gasteiger partial charge in [-0.2, -0.15) is 0 Å². The summed E-state index contributed by atoms with van der Waals surface area (Å²) in [7, 11) is 1.66. The highest BCUT2D eigenvalue weighted by Gasteiger charge is 2.23. The molecule has 0 aliphatic carbocycles. The summed E-state index contributed by atoms with van der Waals surface area (Å²) < 4.78 is 9.21. The van der Waals surface area contributed by atoms with E-state index in [4.69, 9.17) is 10.2 Å².